The molecule has 3 nitrogen and oxygen atoms in total. The van der Waals surface area contributed by atoms with E-state index in [0.29, 0.717) is 12.5 Å². The lowest BCUT2D eigenvalue weighted by Crippen LogP contribution is -2.31. The third-order valence-electron chi connectivity index (χ3n) is 2.85. The lowest BCUT2D eigenvalue weighted by atomic mass is 10.0. The van der Waals surface area contributed by atoms with E-state index in [0.717, 1.165) is 15.8 Å². The Balaban J connectivity index is 2.76. The predicted octanol–water partition coefficient (Wildman–Crippen LogP) is 3.43. The van der Waals surface area contributed by atoms with E-state index < -0.39 is 0 Å². The molecule has 0 saturated carbocycles. The second-order valence-corrected chi connectivity index (χ2v) is 5.45. The normalized spacial score (nSPS) is 10.6. The largest absolute Gasteiger partial charge is 0.483 e. The topological polar surface area (TPSA) is 29.5 Å². The Morgan fingerprint density at radius 1 is 1.44 bits per heavy atom. The van der Waals surface area contributed by atoms with Crippen molar-refractivity contribution in [3.8, 4) is 5.75 Å². The number of nitrogens with zero attached hydrogens (tertiary/aromatic N) is 1. The molecule has 1 aromatic carbocycles. The van der Waals surface area contributed by atoms with Crippen LogP contribution in [0.25, 0.3) is 0 Å². The van der Waals surface area contributed by atoms with Crippen LogP contribution in [0.4, 0.5) is 0 Å². The number of halogens is 1. The van der Waals surface area contributed by atoms with Crippen molar-refractivity contribution >= 4 is 21.8 Å². The van der Waals surface area contributed by atoms with Gasteiger partial charge in [-0.2, -0.15) is 0 Å². The van der Waals surface area contributed by atoms with E-state index in [1.807, 2.05) is 25.1 Å². The quantitative estimate of drug-likeness (QED) is 0.833. The van der Waals surface area contributed by atoms with E-state index in [9.17, 15) is 4.79 Å². The molecule has 0 N–H and O–H groups in total. The van der Waals surface area contributed by atoms with Crippen molar-refractivity contribution in [2.75, 3.05) is 20.2 Å². The highest BCUT2D eigenvalue weighted by molar-refractivity contribution is 9.10. The van der Waals surface area contributed by atoms with Crippen molar-refractivity contribution in [2.45, 2.75) is 26.7 Å². The summed E-state index contributed by atoms with van der Waals surface area (Å²) in [6.07, 6.45) is 0. The molecule has 0 aromatic heterocycles. The molecule has 1 aromatic rings. The zero-order chi connectivity index (χ0) is 13.7. The zero-order valence-electron chi connectivity index (χ0n) is 11.4. The van der Waals surface area contributed by atoms with Gasteiger partial charge in [-0.25, -0.2) is 0 Å². The molecule has 1 amide bonds. The fourth-order valence-electron chi connectivity index (χ4n) is 1.53. The maximum Gasteiger partial charge on any atom is 0.260 e. The lowest BCUT2D eigenvalue weighted by Gasteiger charge is -2.17. The average molecular weight is 314 g/mol. The molecule has 100 valence electrons. The first-order valence-corrected chi connectivity index (χ1v) is 6.91. The van der Waals surface area contributed by atoms with Crippen LogP contribution in [-0.4, -0.2) is 31.0 Å². The van der Waals surface area contributed by atoms with Gasteiger partial charge in [-0.3, -0.25) is 4.79 Å². The number of benzene rings is 1. The highest BCUT2D eigenvalue weighted by atomic mass is 79.9. The van der Waals surface area contributed by atoms with Crippen LogP contribution < -0.4 is 4.74 Å². The summed E-state index contributed by atoms with van der Waals surface area (Å²) in [7, 11) is 1.77. The summed E-state index contributed by atoms with van der Waals surface area (Å²) >= 11 is 3.45. The lowest BCUT2D eigenvalue weighted by molar-refractivity contribution is -0.131. The maximum absolute atomic E-state index is 11.7. The number of ether oxygens (including phenoxy) is 1. The van der Waals surface area contributed by atoms with E-state index in [-0.39, 0.29) is 12.5 Å². The van der Waals surface area contributed by atoms with Gasteiger partial charge in [-0.15, -0.1) is 0 Å². The Labute approximate surface area is 117 Å². The van der Waals surface area contributed by atoms with Gasteiger partial charge in [0, 0.05) is 18.1 Å². The summed E-state index contributed by atoms with van der Waals surface area (Å²) in [5.74, 6) is 1.14. The molecule has 18 heavy (non-hydrogen) atoms. The van der Waals surface area contributed by atoms with Gasteiger partial charge in [-0.05, 0) is 36.6 Å². The summed E-state index contributed by atoms with van der Waals surface area (Å²) in [5.41, 5.74) is 1.11. The fourth-order valence-corrected chi connectivity index (χ4v) is 1.91. The third kappa shape index (κ3) is 4.02. The standard InChI is InChI=1S/C14H20BrNO2/c1-5-16(4)14(17)9-18-13-7-6-11(15)8-12(13)10(2)3/h6-8,10H,5,9H2,1-4H3. The molecule has 0 saturated heterocycles. The average Bonchev–Trinajstić information content (AvgIpc) is 2.35. The monoisotopic (exact) mass is 313 g/mol. The minimum Gasteiger partial charge on any atom is -0.483 e. The molecule has 0 fully saturated rings. The van der Waals surface area contributed by atoms with Crippen LogP contribution in [0.15, 0.2) is 22.7 Å². The Kier molecular flexibility index (Phi) is 5.66. The van der Waals surface area contributed by atoms with E-state index in [1.54, 1.807) is 11.9 Å². The minimum atomic E-state index is -0.00451. The molecule has 1 rings (SSSR count). The molecular formula is C14H20BrNO2. The van der Waals surface area contributed by atoms with Gasteiger partial charge in [0.05, 0.1) is 0 Å². The summed E-state index contributed by atoms with van der Waals surface area (Å²) < 4.78 is 6.65. The summed E-state index contributed by atoms with van der Waals surface area (Å²) in [4.78, 5) is 13.3. The van der Waals surface area contributed by atoms with Gasteiger partial charge >= 0.3 is 0 Å². The number of hydrogen-bond donors (Lipinski definition) is 0. The number of carbonyl (C=O) groups is 1. The first-order valence-electron chi connectivity index (χ1n) is 6.12. The highest BCUT2D eigenvalue weighted by Crippen LogP contribution is 2.29. The number of hydrogen-bond acceptors (Lipinski definition) is 2. The molecule has 0 spiro atoms. The van der Waals surface area contributed by atoms with E-state index in [4.69, 9.17) is 4.74 Å². The van der Waals surface area contributed by atoms with Gasteiger partial charge in [0.25, 0.3) is 5.91 Å². The van der Waals surface area contributed by atoms with Crippen molar-refractivity contribution < 1.29 is 9.53 Å². The molecule has 0 radical (unpaired) electrons. The first-order chi connectivity index (χ1) is 8.45. The molecule has 0 aliphatic carbocycles. The fraction of sp³-hybridized carbons (Fsp3) is 0.500. The van der Waals surface area contributed by atoms with Crippen molar-refractivity contribution in [3.05, 3.63) is 28.2 Å². The van der Waals surface area contributed by atoms with Gasteiger partial charge < -0.3 is 9.64 Å². The smallest absolute Gasteiger partial charge is 0.260 e. The molecular weight excluding hydrogens is 294 g/mol. The summed E-state index contributed by atoms with van der Waals surface area (Å²) in [6.45, 7) is 6.94. The molecule has 0 aliphatic rings. The van der Waals surface area contributed by atoms with Gasteiger partial charge in [0.2, 0.25) is 0 Å². The zero-order valence-corrected chi connectivity index (χ0v) is 13.0. The number of likely N-dealkylation sites (N-methyl/N-ethyl adjacent to an activating group) is 1. The Hall–Kier alpha value is -1.03. The minimum absolute atomic E-state index is 0.00451. The van der Waals surface area contributed by atoms with Crippen LogP contribution in [0.1, 0.15) is 32.3 Å². The van der Waals surface area contributed by atoms with Crippen LogP contribution in [0, 0.1) is 0 Å². The van der Waals surface area contributed by atoms with Crippen molar-refractivity contribution in [1.29, 1.82) is 0 Å². The molecule has 0 heterocycles. The van der Waals surface area contributed by atoms with Crippen molar-refractivity contribution in [3.63, 3.8) is 0 Å². The predicted molar refractivity (Wildman–Crippen MR) is 77.0 cm³/mol. The SMILES string of the molecule is CCN(C)C(=O)COc1ccc(Br)cc1C(C)C. The Morgan fingerprint density at radius 2 is 2.11 bits per heavy atom. The second kappa shape index (κ2) is 6.78. The number of carbonyl (C=O) groups excluding carboxylic acids is 1. The van der Waals surface area contributed by atoms with Crippen LogP contribution in [0.5, 0.6) is 5.75 Å². The van der Waals surface area contributed by atoms with Crippen LogP contribution in [0.2, 0.25) is 0 Å². The molecule has 4 heteroatoms. The highest BCUT2D eigenvalue weighted by Gasteiger charge is 2.12. The molecule has 0 aliphatic heterocycles. The number of rotatable bonds is 5. The summed E-state index contributed by atoms with van der Waals surface area (Å²) in [5, 5.41) is 0. The second-order valence-electron chi connectivity index (χ2n) is 4.53. The van der Waals surface area contributed by atoms with E-state index in [1.165, 1.54) is 0 Å². The van der Waals surface area contributed by atoms with E-state index in [2.05, 4.69) is 29.8 Å². The molecule has 0 atom stereocenters. The Bertz CT molecular complexity index is 418. The van der Waals surface area contributed by atoms with Crippen molar-refractivity contribution in [2.24, 2.45) is 0 Å². The van der Waals surface area contributed by atoms with Crippen LogP contribution in [-0.2, 0) is 4.79 Å². The van der Waals surface area contributed by atoms with Crippen LogP contribution in [0.3, 0.4) is 0 Å². The third-order valence-corrected chi connectivity index (χ3v) is 3.34. The van der Waals surface area contributed by atoms with Gasteiger partial charge in [0.15, 0.2) is 6.61 Å². The first kappa shape index (κ1) is 15.0. The van der Waals surface area contributed by atoms with Crippen molar-refractivity contribution in [1.82, 2.24) is 4.90 Å². The molecule has 0 unspecified atom stereocenters. The van der Waals surface area contributed by atoms with E-state index >= 15 is 0 Å². The van der Waals surface area contributed by atoms with Crippen LogP contribution >= 0.6 is 15.9 Å². The molecule has 0 bridgehead atoms. The van der Waals surface area contributed by atoms with Gasteiger partial charge in [-0.1, -0.05) is 29.8 Å². The number of amides is 1. The Morgan fingerprint density at radius 3 is 2.67 bits per heavy atom. The summed E-state index contributed by atoms with van der Waals surface area (Å²) in [6, 6.07) is 5.86. The van der Waals surface area contributed by atoms with Gasteiger partial charge in [0.1, 0.15) is 5.75 Å². The maximum atomic E-state index is 11.7.